The van der Waals surface area contributed by atoms with Crippen molar-refractivity contribution in [3.63, 3.8) is 0 Å². The minimum atomic E-state index is -0.302. The molecule has 0 aliphatic carbocycles. The molecule has 1 aromatic rings. The maximum Gasteiger partial charge on any atom is 0.251 e. The Kier molecular flexibility index (Phi) is 6.15. The largest absolute Gasteiger partial charge is 0.508 e. The zero-order chi connectivity index (χ0) is 14.3. The lowest BCUT2D eigenvalue weighted by molar-refractivity contribution is 0.0945. The van der Waals surface area contributed by atoms with Crippen LogP contribution in [0.15, 0.2) is 18.2 Å². The minimum absolute atomic E-state index is 0.128. The standard InChI is InChI=1S/C14H22N2O3/c1-2-3-10(4-5-15)9-16-14(19)11-6-12(17)8-13(18)7-11/h6-8,10,17-18H,2-5,9,15H2,1H3,(H,16,19). The average Bonchev–Trinajstić information content (AvgIpc) is 2.35. The van der Waals surface area contributed by atoms with Gasteiger partial charge >= 0.3 is 0 Å². The van der Waals surface area contributed by atoms with Gasteiger partial charge in [0.05, 0.1) is 0 Å². The highest BCUT2D eigenvalue weighted by molar-refractivity contribution is 5.95. The second-order valence-corrected chi connectivity index (χ2v) is 4.68. The highest BCUT2D eigenvalue weighted by atomic mass is 16.3. The number of hydrogen-bond acceptors (Lipinski definition) is 4. The van der Waals surface area contributed by atoms with Crippen LogP contribution in [0.2, 0.25) is 0 Å². The highest BCUT2D eigenvalue weighted by Crippen LogP contribution is 2.20. The van der Waals surface area contributed by atoms with E-state index in [0.717, 1.165) is 19.3 Å². The number of carbonyl (C=O) groups excluding carboxylic acids is 1. The summed E-state index contributed by atoms with van der Waals surface area (Å²) in [7, 11) is 0. The Labute approximate surface area is 113 Å². The molecule has 1 rings (SSSR count). The van der Waals surface area contributed by atoms with E-state index in [2.05, 4.69) is 12.2 Å². The van der Waals surface area contributed by atoms with E-state index in [1.165, 1.54) is 18.2 Å². The molecule has 0 radical (unpaired) electrons. The predicted molar refractivity (Wildman–Crippen MR) is 74.2 cm³/mol. The molecule has 0 bridgehead atoms. The van der Waals surface area contributed by atoms with Gasteiger partial charge in [-0.15, -0.1) is 0 Å². The van der Waals surface area contributed by atoms with Crippen molar-refractivity contribution in [1.29, 1.82) is 0 Å². The van der Waals surface area contributed by atoms with E-state index < -0.39 is 0 Å². The van der Waals surface area contributed by atoms with E-state index in [1.54, 1.807) is 0 Å². The van der Waals surface area contributed by atoms with Crippen LogP contribution in [0.1, 0.15) is 36.5 Å². The first kappa shape index (κ1) is 15.3. The summed E-state index contributed by atoms with van der Waals surface area (Å²) in [6.07, 6.45) is 2.94. The fourth-order valence-corrected chi connectivity index (χ4v) is 2.06. The summed E-state index contributed by atoms with van der Waals surface area (Å²) < 4.78 is 0. The number of nitrogens with two attached hydrogens (primary N) is 1. The lowest BCUT2D eigenvalue weighted by Crippen LogP contribution is -2.30. The SMILES string of the molecule is CCCC(CCN)CNC(=O)c1cc(O)cc(O)c1. The Morgan fingerprint density at radius 3 is 2.42 bits per heavy atom. The van der Waals surface area contributed by atoms with E-state index in [1.807, 2.05) is 0 Å². The monoisotopic (exact) mass is 266 g/mol. The van der Waals surface area contributed by atoms with Crippen LogP contribution in [0, 0.1) is 5.92 Å². The van der Waals surface area contributed by atoms with Gasteiger partial charge in [0.2, 0.25) is 0 Å². The summed E-state index contributed by atoms with van der Waals surface area (Å²) in [5, 5.41) is 21.5. The van der Waals surface area contributed by atoms with Crippen molar-refractivity contribution < 1.29 is 15.0 Å². The van der Waals surface area contributed by atoms with E-state index in [0.29, 0.717) is 19.0 Å². The number of aromatic hydroxyl groups is 2. The third-order valence-corrected chi connectivity index (χ3v) is 2.99. The molecule has 0 heterocycles. The summed E-state index contributed by atoms with van der Waals surface area (Å²) >= 11 is 0. The van der Waals surface area contributed by atoms with Crippen LogP contribution in [0.3, 0.4) is 0 Å². The smallest absolute Gasteiger partial charge is 0.251 e. The van der Waals surface area contributed by atoms with E-state index in [-0.39, 0.29) is 23.0 Å². The lowest BCUT2D eigenvalue weighted by atomic mass is 10.00. The van der Waals surface area contributed by atoms with Gasteiger partial charge in [-0.05, 0) is 37.4 Å². The third-order valence-electron chi connectivity index (χ3n) is 2.99. The molecule has 0 aromatic heterocycles. The molecule has 0 aliphatic rings. The van der Waals surface area contributed by atoms with Crippen LogP contribution in [0.25, 0.3) is 0 Å². The van der Waals surface area contributed by atoms with Crippen molar-refractivity contribution in [2.24, 2.45) is 11.7 Å². The summed E-state index contributed by atoms with van der Waals surface area (Å²) in [6.45, 7) is 3.26. The molecule has 1 unspecified atom stereocenters. The topological polar surface area (TPSA) is 95.6 Å². The number of carbonyl (C=O) groups is 1. The molecule has 0 fully saturated rings. The van der Waals surface area contributed by atoms with Crippen molar-refractivity contribution in [2.75, 3.05) is 13.1 Å². The fourth-order valence-electron chi connectivity index (χ4n) is 2.06. The average molecular weight is 266 g/mol. The number of rotatable bonds is 7. The molecule has 5 heteroatoms. The molecular formula is C14H22N2O3. The highest BCUT2D eigenvalue weighted by Gasteiger charge is 2.12. The van der Waals surface area contributed by atoms with Crippen molar-refractivity contribution in [3.05, 3.63) is 23.8 Å². The molecule has 106 valence electrons. The Hall–Kier alpha value is -1.75. The summed E-state index contributed by atoms with van der Waals surface area (Å²) in [5.41, 5.74) is 5.79. The summed E-state index contributed by atoms with van der Waals surface area (Å²) in [4.78, 5) is 11.9. The number of phenolic OH excluding ortho intramolecular Hbond substituents is 2. The van der Waals surface area contributed by atoms with E-state index in [9.17, 15) is 15.0 Å². The van der Waals surface area contributed by atoms with Crippen LogP contribution in [0.5, 0.6) is 11.5 Å². The van der Waals surface area contributed by atoms with Gasteiger partial charge in [-0.1, -0.05) is 13.3 Å². The number of phenols is 2. The van der Waals surface area contributed by atoms with Crippen molar-refractivity contribution in [2.45, 2.75) is 26.2 Å². The van der Waals surface area contributed by atoms with Crippen LogP contribution in [-0.2, 0) is 0 Å². The van der Waals surface area contributed by atoms with Crippen molar-refractivity contribution >= 4 is 5.91 Å². The first-order chi connectivity index (χ1) is 9.06. The number of hydrogen-bond donors (Lipinski definition) is 4. The molecule has 1 amide bonds. The van der Waals surface area contributed by atoms with Crippen molar-refractivity contribution in [1.82, 2.24) is 5.32 Å². The molecule has 5 N–H and O–H groups in total. The van der Waals surface area contributed by atoms with Crippen LogP contribution in [0.4, 0.5) is 0 Å². The predicted octanol–water partition coefficient (Wildman–Crippen LogP) is 1.59. The van der Waals surface area contributed by atoms with Gasteiger partial charge in [-0.2, -0.15) is 0 Å². The van der Waals surface area contributed by atoms with E-state index >= 15 is 0 Å². The Balaban J connectivity index is 2.58. The molecule has 0 aliphatic heterocycles. The Bertz CT molecular complexity index is 395. The van der Waals surface area contributed by atoms with Gasteiger partial charge in [0, 0.05) is 18.2 Å². The van der Waals surface area contributed by atoms with Gasteiger partial charge in [0.25, 0.3) is 5.91 Å². The van der Waals surface area contributed by atoms with Crippen LogP contribution in [-0.4, -0.2) is 29.2 Å². The van der Waals surface area contributed by atoms with Gasteiger partial charge in [0.15, 0.2) is 0 Å². The molecule has 0 spiro atoms. The summed E-state index contributed by atoms with van der Waals surface area (Å²) in [5.74, 6) is -0.191. The third kappa shape index (κ3) is 5.18. The number of amides is 1. The Morgan fingerprint density at radius 1 is 1.26 bits per heavy atom. The molecule has 0 saturated heterocycles. The molecule has 1 atom stereocenters. The second-order valence-electron chi connectivity index (χ2n) is 4.68. The molecular weight excluding hydrogens is 244 g/mol. The lowest BCUT2D eigenvalue weighted by Gasteiger charge is -2.16. The quantitative estimate of drug-likeness (QED) is 0.602. The van der Waals surface area contributed by atoms with Crippen LogP contribution < -0.4 is 11.1 Å². The first-order valence-electron chi connectivity index (χ1n) is 6.58. The maximum atomic E-state index is 11.9. The summed E-state index contributed by atoms with van der Waals surface area (Å²) in [6, 6.07) is 3.84. The normalized spacial score (nSPS) is 12.1. The second kappa shape index (κ2) is 7.63. The van der Waals surface area contributed by atoms with E-state index in [4.69, 9.17) is 5.73 Å². The number of nitrogens with one attached hydrogen (secondary N) is 1. The van der Waals surface area contributed by atoms with Gasteiger partial charge in [-0.25, -0.2) is 0 Å². The minimum Gasteiger partial charge on any atom is -0.508 e. The first-order valence-corrected chi connectivity index (χ1v) is 6.58. The molecule has 5 nitrogen and oxygen atoms in total. The molecule has 0 saturated carbocycles. The van der Waals surface area contributed by atoms with Gasteiger partial charge in [-0.3, -0.25) is 4.79 Å². The molecule has 19 heavy (non-hydrogen) atoms. The Morgan fingerprint density at radius 2 is 1.89 bits per heavy atom. The zero-order valence-corrected chi connectivity index (χ0v) is 11.2. The zero-order valence-electron chi connectivity index (χ0n) is 11.2. The fraction of sp³-hybridized carbons (Fsp3) is 0.500. The maximum absolute atomic E-state index is 11.9. The van der Waals surface area contributed by atoms with Gasteiger partial charge < -0.3 is 21.3 Å². The molecule has 1 aromatic carbocycles. The number of benzene rings is 1. The van der Waals surface area contributed by atoms with Gasteiger partial charge in [0.1, 0.15) is 11.5 Å². The van der Waals surface area contributed by atoms with Crippen LogP contribution >= 0.6 is 0 Å². The van der Waals surface area contributed by atoms with Crippen molar-refractivity contribution in [3.8, 4) is 11.5 Å².